The quantitative estimate of drug-likeness (QED) is 0.417. The average molecular weight is 118 g/mol. The van der Waals surface area contributed by atoms with Crippen molar-refractivity contribution in [2.24, 2.45) is 0 Å². The zero-order valence-corrected chi connectivity index (χ0v) is 5.48. The first-order chi connectivity index (χ1) is 3.41. The molecule has 0 unspecified atom stereocenters. The van der Waals surface area contributed by atoms with Gasteiger partial charge in [0.15, 0.2) is 0 Å². The molecule has 2 radical (unpaired) electrons. The van der Waals surface area contributed by atoms with Crippen molar-refractivity contribution in [3.05, 3.63) is 0 Å². The van der Waals surface area contributed by atoms with Crippen LogP contribution in [0.2, 0.25) is 6.04 Å². The van der Waals surface area contributed by atoms with Crippen LogP contribution >= 0.6 is 0 Å². The van der Waals surface area contributed by atoms with Crippen LogP contribution in [0.25, 0.3) is 0 Å². The van der Waals surface area contributed by atoms with Gasteiger partial charge in [-0.1, -0.05) is 0 Å². The minimum Gasteiger partial charge on any atom is -0.421 e. The first-order valence-corrected chi connectivity index (χ1v) is 3.40. The molecule has 0 bridgehead atoms. The Bertz CT molecular complexity index is 28.9. The first-order valence-electron chi connectivity index (χ1n) is 2.28. The summed E-state index contributed by atoms with van der Waals surface area (Å²) in [6, 6.07) is 0.993. The molecule has 42 valence electrons. The second-order valence-electron chi connectivity index (χ2n) is 1.18. The van der Waals surface area contributed by atoms with E-state index in [0.717, 1.165) is 12.5 Å². The summed E-state index contributed by atoms with van der Waals surface area (Å²) >= 11 is 0. The Morgan fingerprint density at radius 2 is 2.43 bits per heavy atom. The highest BCUT2D eigenvalue weighted by Crippen LogP contribution is 1.84. The van der Waals surface area contributed by atoms with Gasteiger partial charge in [0.05, 0.1) is 0 Å². The van der Waals surface area contributed by atoms with Crippen LogP contribution in [0.3, 0.4) is 0 Å². The molecule has 0 fully saturated rings. The van der Waals surface area contributed by atoms with Crippen LogP contribution in [0.4, 0.5) is 0 Å². The van der Waals surface area contributed by atoms with E-state index in [2.05, 4.69) is 0 Å². The van der Waals surface area contributed by atoms with E-state index in [0.29, 0.717) is 9.76 Å². The molecule has 0 aliphatic carbocycles. The smallest absolute Gasteiger partial charge is 0.229 e. The Kier molecular flexibility index (Phi) is 6.26. The molecular weight excluding hydrogens is 108 g/mol. The summed E-state index contributed by atoms with van der Waals surface area (Å²) in [5, 5.41) is 8.24. The van der Waals surface area contributed by atoms with Gasteiger partial charge in [-0.3, -0.25) is 0 Å². The Morgan fingerprint density at radius 3 is 2.86 bits per heavy atom. The van der Waals surface area contributed by atoms with Crippen LogP contribution < -0.4 is 0 Å². The highest BCUT2D eigenvalue weighted by atomic mass is 28.2. The van der Waals surface area contributed by atoms with Crippen LogP contribution in [0.1, 0.15) is 6.42 Å². The standard InChI is InChI=1S/C4H10O2Si/c1-6-7-4-2-3-5/h5H,2-4H2,1H3. The lowest BCUT2D eigenvalue weighted by molar-refractivity contribution is 0.292. The van der Waals surface area contributed by atoms with E-state index in [1.807, 2.05) is 0 Å². The summed E-state index contributed by atoms with van der Waals surface area (Å²) in [6.07, 6.45) is 0.867. The van der Waals surface area contributed by atoms with Gasteiger partial charge < -0.3 is 9.53 Å². The van der Waals surface area contributed by atoms with Crippen LogP contribution in [0.15, 0.2) is 0 Å². The molecule has 0 heterocycles. The maximum Gasteiger partial charge on any atom is 0.229 e. The molecule has 0 rings (SSSR count). The predicted octanol–water partition coefficient (Wildman–Crippen LogP) is 0.0527. The second-order valence-corrected chi connectivity index (χ2v) is 2.37. The molecule has 2 nitrogen and oxygen atoms in total. The number of aliphatic hydroxyl groups excluding tert-OH is 1. The molecule has 1 N–H and O–H groups in total. The average Bonchev–Trinajstić information content (AvgIpc) is 1.69. The van der Waals surface area contributed by atoms with Gasteiger partial charge >= 0.3 is 0 Å². The number of hydrogen-bond acceptors (Lipinski definition) is 2. The van der Waals surface area contributed by atoms with Crippen molar-refractivity contribution in [1.82, 2.24) is 0 Å². The summed E-state index contributed by atoms with van der Waals surface area (Å²) in [4.78, 5) is 0. The molecule has 0 amide bonds. The Balaban J connectivity index is 2.45. The van der Waals surface area contributed by atoms with Crippen molar-refractivity contribution in [2.75, 3.05) is 13.7 Å². The number of aliphatic hydroxyl groups is 1. The van der Waals surface area contributed by atoms with Gasteiger partial charge in [-0.25, -0.2) is 0 Å². The van der Waals surface area contributed by atoms with E-state index in [4.69, 9.17) is 9.53 Å². The topological polar surface area (TPSA) is 29.5 Å². The maximum absolute atomic E-state index is 8.24. The molecule has 0 saturated heterocycles. The van der Waals surface area contributed by atoms with Crippen molar-refractivity contribution in [2.45, 2.75) is 12.5 Å². The SMILES string of the molecule is CO[Si]CCCO. The Hall–Kier alpha value is 0.137. The van der Waals surface area contributed by atoms with Gasteiger partial charge in [-0.05, 0) is 12.5 Å². The van der Waals surface area contributed by atoms with Gasteiger partial charge in [0.25, 0.3) is 0 Å². The van der Waals surface area contributed by atoms with Gasteiger partial charge in [-0.2, -0.15) is 0 Å². The zero-order chi connectivity index (χ0) is 5.54. The summed E-state index contributed by atoms with van der Waals surface area (Å²) in [7, 11) is 2.24. The lowest BCUT2D eigenvalue weighted by Gasteiger charge is -1.89. The first kappa shape index (κ1) is 7.14. The third kappa shape index (κ3) is 6.14. The summed E-state index contributed by atoms with van der Waals surface area (Å²) in [6.45, 7) is 0.288. The van der Waals surface area contributed by atoms with Crippen LogP contribution in [0, 0.1) is 0 Å². The van der Waals surface area contributed by atoms with Crippen molar-refractivity contribution in [1.29, 1.82) is 0 Å². The van der Waals surface area contributed by atoms with Crippen molar-refractivity contribution in [3.63, 3.8) is 0 Å². The minimum absolute atomic E-state index is 0.288. The highest BCUT2D eigenvalue weighted by Gasteiger charge is 1.84. The third-order valence-electron chi connectivity index (χ3n) is 0.581. The van der Waals surface area contributed by atoms with Gasteiger partial charge in [0.2, 0.25) is 9.76 Å². The molecule has 0 atom stereocenters. The summed E-state index contributed by atoms with van der Waals surface area (Å²) in [5.74, 6) is 0. The van der Waals surface area contributed by atoms with E-state index in [1.54, 1.807) is 7.11 Å². The molecule has 0 aromatic carbocycles. The molecule has 7 heavy (non-hydrogen) atoms. The lowest BCUT2D eigenvalue weighted by Crippen LogP contribution is -1.93. The van der Waals surface area contributed by atoms with Crippen molar-refractivity contribution >= 4 is 9.76 Å². The normalized spacial score (nSPS) is 9.43. The van der Waals surface area contributed by atoms with Crippen LogP contribution in [-0.4, -0.2) is 28.6 Å². The van der Waals surface area contributed by atoms with Crippen LogP contribution in [-0.2, 0) is 4.43 Å². The predicted molar refractivity (Wildman–Crippen MR) is 29.3 cm³/mol. The minimum atomic E-state index is 0.288. The fraction of sp³-hybridized carbons (Fsp3) is 1.00. The molecule has 0 aliphatic rings. The van der Waals surface area contributed by atoms with Crippen LogP contribution in [0.5, 0.6) is 0 Å². The highest BCUT2D eigenvalue weighted by molar-refractivity contribution is 6.26. The molecular formula is C4H10O2Si. The molecule has 0 aliphatic heterocycles. The van der Waals surface area contributed by atoms with Gasteiger partial charge in [0, 0.05) is 13.7 Å². The molecule has 0 aromatic rings. The molecule has 0 saturated carbocycles. The van der Waals surface area contributed by atoms with Gasteiger partial charge in [0.1, 0.15) is 0 Å². The second kappa shape index (κ2) is 6.14. The number of rotatable bonds is 4. The maximum atomic E-state index is 8.24. The van der Waals surface area contributed by atoms with E-state index < -0.39 is 0 Å². The van der Waals surface area contributed by atoms with E-state index in [9.17, 15) is 0 Å². The van der Waals surface area contributed by atoms with Gasteiger partial charge in [-0.15, -0.1) is 0 Å². The Morgan fingerprint density at radius 1 is 1.71 bits per heavy atom. The van der Waals surface area contributed by atoms with Crippen molar-refractivity contribution in [3.8, 4) is 0 Å². The fourth-order valence-corrected chi connectivity index (χ4v) is 0.760. The summed E-state index contributed by atoms with van der Waals surface area (Å²) in [5.41, 5.74) is 0. The fourth-order valence-electron chi connectivity index (χ4n) is 0.253. The largest absolute Gasteiger partial charge is 0.421 e. The third-order valence-corrected chi connectivity index (χ3v) is 1.43. The monoisotopic (exact) mass is 118 g/mol. The van der Waals surface area contributed by atoms with Crippen molar-refractivity contribution < 1.29 is 9.53 Å². The molecule has 3 heteroatoms. The molecule has 0 aromatic heterocycles. The zero-order valence-electron chi connectivity index (χ0n) is 4.48. The Labute approximate surface area is 46.4 Å². The summed E-state index contributed by atoms with van der Waals surface area (Å²) < 4.78 is 4.76. The number of hydrogen-bond donors (Lipinski definition) is 1. The lowest BCUT2D eigenvalue weighted by atomic mass is 10.5. The van der Waals surface area contributed by atoms with E-state index in [1.165, 1.54) is 0 Å². The van der Waals surface area contributed by atoms with E-state index >= 15 is 0 Å². The molecule has 0 spiro atoms. The van der Waals surface area contributed by atoms with E-state index in [-0.39, 0.29) is 6.61 Å².